The normalized spacial score (nSPS) is 11.0. The number of rotatable bonds is 8. The molecule has 0 heterocycles. The first-order valence-corrected chi connectivity index (χ1v) is 6.39. The van der Waals surface area contributed by atoms with E-state index < -0.39 is 11.6 Å². The molecule has 1 aromatic rings. The van der Waals surface area contributed by atoms with Gasteiger partial charge in [-0.2, -0.15) is 0 Å². The molecule has 0 aliphatic rings. The Balaban J connectivity index is 2.54. The number of hydrogen-bond acceptors (Lipinski definition) is 3. The van der Waals surface area contributed by atoms with Crippen molar-refractivity contribution in [1.29, 1.82) is 0 Å². The second-order valence-corrected chi connectivity index (χ2v) is 4.34. The van der Waals surface area contributed by atoms with Crippen molar-refractivity contribution < 1.29 is 18.7 Å². The molecule has 0 radical (unpaired) electrons. The topological polar surface area (TPSA) is 40.5 Å². The van der Waals surface area contributed by atoms with Crippen LogP contribution in [-0.2, 0) is 0 Å². The standard InChI is InChI=1S/C14H19F2NO2/c1-2-17(5-3-7-18)6-4-14(19)11-8-12(15)10-13(16)9-11/h8-10,18H,2-7H2,1H3. The maximum Gasteiger partial charge on any atom is 0.164 e. The Morgan fingerprint density at radius 2 is 1.84 bits per heavy atom. The fraction of sp³-hybridized carbons (Fsp3) is 0.500. The molecule has 19 heavy (non-hydrogen) atoms. The van der Waals surface area contributed by atoms with E-state index in [4.69, 9.17) is 5.11 Å². The van der Waals surface area contributed by atoms with Crippen LogP contribution in [0, 0.1) is 11.6 Å². The third kappa shape index (κ3) is 5.44. The Bertz CT molecular complexity index is 404. The summed E-state index contributed by atoms with van der Waals surface area (Å²) in [5.41, 5.74) is 0.0655. The van der Waals surface area contributed by atoms with Gasteiger partial charge in [-0.05, 0) is 25.1 Å². The minimum atomic E-state index is -0.740. The van der Waals surface area contributed by atoms with Crippen molar-refractivity contribution in [3.63, 3.8) is 0 Å². The molecule has 106 valence electrons. The number of nitrogens with zero attached hydrogens (tertiary/aromatic N) is 1. The van der Waals surface area contributed by atoms with Crippen LogP contribution in [0.2, 0.25) is 0 Å². The second-order valence-electron chi connectivity index (χ2n) is 4.34. The van der Waals surface area contributed by atoms with Gasteiger partial charge < -0.3 is 10.0 Å². The SMILES string of the molecule is CCN(CCCO)CCC(=O)c1cc(F)cc(F)c1. The minimum Gasteiger partial charge on any atom is -0.396 e. The average Bonchev–Trinajstić information content (AvgIpc) is 2.37. The van der Waals surface area contributed by atoms with Crippen LogP contribution in [0.15, 0.2) is 18.2 Å². The van der Waals surface area contributed by atoms with Gasteiger partial charge in [0.05, 0.1) is 0 Å². The molecule has 0 amide bonds. The van der Waals surface area contributed by atoms with E-state index in [1.165, 1.54) is 0 Å². The molecule has 0 spiro atoms. The first kappa shape index (κ1) is 15.7. The van der Waals surface area contributed by atoms with Crippen LogP contribution in [-0.4, -0.2) is 42.0 Å². The van der Waals surface area contributed by atoms with E-state index in [0.717, 1.165) is 24.7 Å². The first-order chi connectivity index (χ1) is 9.06. The number of benzene rings is 1. The molecule has 1 aromatic carbocycles. The lowest BCUT2D eigenvalue weighted by Crippen LogP contribution is -2.27. The van der Waals surface area contributed by atoms with E-state index in [2.05, 4.69) is 0 Å². The summed E-state index contributed by atoms with van der Waals surface area (Å²) < 4.78 is 26.0. The lowest BCUT2D eigenvalue weighted by atomic mass is 10.1. The van der Waals surface area contributed by atoms with E-state index in [9.17, 15) is 13.6 Å². The third-order valence-corrected chi connectivity index (χ3v) is 2.92. The number of ketones is 1. The zero-order valence-electron chi connectivity index (χ0n) is 11.0. The molecule has 0 aliphatic heterocycles. The van der Waals surface area contributed by atoms with Crippen molar-refractivity contribution in [3.8, 4) is 0 Å². The van der Waals surface area contributed by atoms with Crippen molar-refractivity contribution in [1.82, 2.24) is 4.90 Å². The van der Waals surface area contributed by atoms with Crippen molar-refractivity contribution in [2.24, 2.45) is 0 Å². The predicted octanol–water partition coefficient (Wildman–Crippen LogP) is 2.24. The van der Waals surface area contributed by atoms with Crippen LogP contribution in [0.4, 0.5) is 8.78 Å². The quantitative estimate of drug-likeness (QED) is 0.737. The number of carbonyl (C=O) groups excluding carboxylic acids is 1. The molecule has 0 saturated carbocycles. The first-order valence-electron chi connectivity index (χ1n) is 6.39. The summed E-state index contributed by atoms with van der Waals surface area (Å²) in [6.45, 7) is 4.07. The highest BCUT2D eigenvalue weighted by Crippen LogP contribution is 2.10. The summed E-state index contributed by atoms with van der Waals surface area (Å²) in [6, 6.07) is 2.85. The van der Waals surface area contributed by atoms with Crippen LogP contribution in [0.1, 0.15) is 30.1 Å². The highest BCUT2D eigenvalue weighted by atomic mass is 19.1. The van der Waals surface area contributed by atoms with Gasteiger partial charge in [0.15, 0.2) is 5.78 Å². The van der Waals surface area contributed by atoms with Crippen LogP contribution in [0.5, 0.6) is 0 Å². The van der Waals surface area contributed by atoms with Crippen molar-refractivity contribution >= 4 is 5.78 Å². The number of Topliss-reactive ketones (excluding diaryl/α,β-unsaturated/α-hetero) is 1. The molecule has 0 atom stereocenters. The summed E-state index contributed by atoms with van der Waals surface area (Å²) >= 11 is 0. The summed E-state index contributed by atoms with van der Waals surface area (Å²) in [4.78, 5) is 13.9. The van der Waals surface area contributed by atoms with Gasteiger partial charge in [-0.25, -0.2) is 8.78 Å². The largest absolute Gasteiger partial charge is 0.396 e. The molecule has 0 aromatic heterocycles. The lowest BCUT2D eigenvalue weighted by molar-refractivity contribution is 0.0963. The number of carbonyl (C=O) groups is 1. The van der Waals surface area contributed by atoms with E-state index in [1.807, 2.05) is 11.8 Å². The number of halogens is 2. The molecule has 0 saturated heterocycles. The van der Waals surface area contributed by atoms with Crippen molar-refractivity contribution in [2.75, 3.05) is 26.2 Å². The van der Waals surface area contributed by atoms with Gasteiger partial charge in [0.25, 0.3) is 0 Å². The number of aliphatic hydroxyl groups excluding tert-OH is 1. The monoisotopic (exact) mass is 271 g/mol. The maximum absolute atomic E-state index is 13.0. The zero-order chi connectivity index (χ0) is 14.3. The fourth-order valence-corrected chi connectivity index (χ4v) is 1.84. The molecule has 5 heteroatoms. The van der Waals surface area contributed by atoms with Crippen LogP contribution >= 0.6 is 0 Å². The second kappa shape index (κ2) is 7.96. The maximum atomic E-state index is 13.0. The molecular formula is C14H19F2NO2. The Kier molecular flexibility index (Phi) is 6.59. The average molecular weight is 271 g/mol. The summed E-state index contributed by atoms with van der Waals surface area (Å²) in [5.74, 6) is -1.76. The Hall–Kier alpha value is -1.33. The molecular weight excluding hydrogens is 252 g/mol. The smallest absolute Gasteiger partial charge is 0.164 e. The third-order valence-electron chi connectivity index (χ3n) is 2.92. The molecule has 1 N–H and O–H groups in total. The molecule has 0 fully saturated rings. The van der Waals surface area contributed by atoms with Crippen LogP contribution in [0.25, 0.3) is 0 Å². The minimum absolute atomic E-state index is 0.0655. The van der Waals surface area contributed by atoms with Gasteiger partial charge in [0, 0.05) is 37.7 Å². The van der Waals surface area contributed by atoms with Gasteiger partial charge in [-0.15, -0.1) is 0 Å². The highest BCUT2D eigenvalue weighted by molar-refractivity contribution is 5.96. The van der Waals surface area contributed by atoms with E-state index in [1.54, 1.807) is 0 Å². The highest BCUT2D eigenvalue weighted by Gasteiger charge is 2.11. The molecule has 0 aliphatic carbocycles. The van der Waals surface area contributed by atoms with Gasteiger partial charge in [0.1, 0.15) is 11.6 Å². The van der Waals surface area contributed by atoms with E-state index in [0.29, 0.717) is 19.5 Å². The van der Waals surface area contributed by atoms with Gasteiger partial charge in [-0.1, -0.05) is 6.92 Å². The number of aliphatic hydroxyl groups is 1. The Morgan fingerprint density at radius 3 is 2.37 bits per heavy atom. The zero-order valence-corrected chi connectivity index (χ0v) is 11.0. The van der Waals surface area contributed by atoms with Crippen LogP contribution < -0.4 is 0 Å². The van der Waals surface area contributed by atoms with Crippen molar-refractivity contribution in [3.05, 3.63) is 35.4 Å². The van der Waals surface area contributed by atoms with E-state index in [-0.39, 0.29) is 24.4 Å². The molecule has 3 nitrogen and oxygen atoms in total. The van der Waals surface area contributed by atoms with Crippen molar-refractivity contribution in [2.45, 2.75) is 19.8 Å². The number of hydrogen-bond donors (Lipinski definition) is 1. The van der Waals surface area contributed by atoms with Gasteiger partial charge in [-0.3, -0.25) is 4.79 Å². The predicted molar refractivity (Wildman–Crippen MR) is 69.1 cm³/mol. The van der Waals surface area contributed by atoms with Gasteiger partial charge in [0.2, 0.25) is 0 Å². The lowest BCUT2D eigenvalue weighted by Gasteiger charge is -2.19. The van der Waals surface area contributed by atoms with Crippen LogP contribution in [0.3, 0.4) is 0 Å². The Morgan fingerprint density at radius 1 is 1.21 bits per heavy atom. The molecule has 0 unspecified atom stereocenters. The molecule has 1 rings (SSSR count). The summed E-state index contributed by atoms with van der Waals surface area (Å²) in [7, 11) is 0. The summed E-state index contributed by atoms with van der Waals surface area (Å²) in [5, 5.41) is 8.75. The van der Waals surface area contributed by atoms with E-state index >= 15 is 0 Å². The fourth-order valence-electron chi connectivity index (χ4n) is 1.84. The Labute approximate surface area is 111 Å². The molecule has 0 bridgehead atoms. The van der Waals surface area contributed by atoms with Gasteiger partial charge >= 0.3 is 0 Å². The summed E-state index contributed by atoms with van der Waals surface area (Å²) in [6.07, 6.45) is 0.860.